The van der Waals surface area contributed by atoms with Crippen molar-refractivity contribution in [2.75, 3.05) is 0 Å². The van der Waals surface area contributed by atoms with E-state index in [0.717, 1.165) is 17.3 Å². The third-order valence-corrected chi connectivity index (χ3v) is 5.02. The van der Waals surface area contributed by atoms with Gasteiger partial charge in [-0.25, -0.2) is 0 Å². The first-order valence-corrected chi connectivity index (χ1v) is 8.86. The van der Waals surface area contributed by atoms with Gasteiger partial charge in [0.2, 0.25) is 0 Å². The second kappa shape index (κ2) is 7.57. The van der Waals surface area contributed by atoms with Crippen LogP contribution in [0.5, 0.6) is 0 Å². The van der Waals surface area contributed by atoms with Gasteiger partial charge in [-0.3, -0.25) is 4.79 Å². The average molecular weight is 369 g/mol. The summed E-state index contributed by atoms with van der Waals surface area (Å²) in [4.78, 5) is 23.8. The normalized spacial score (nSPS) is 12.1. The molecule has 0 amide bonds. The van der Waals surface area contributed by atoms with Crippen molar-refractivity contribution < 1.29 is 9.90 Å². The highest BCUT2D eigenvalue weighted by molar-refractivity contribution is 8.00. The van der Waals surface area contributed by atoms with Gasteiger partial charge in [0.05, 0.1) is 18.1 Å². The number of aromatic nitrogens is 4. The average Bonchev–Trinajstić information content (AvgIpc) is 2.98. The number of thioether (sulfide) groups is 1. The Morgan fingerprint density at radius 1 is 1.19 bits per heavy atom. The molecule has 0 N–H and O–H groups in total. The van der Waals surface area contributed by atoms with Crippen LogP contribution in [0.2, 0.25) is 0 Å². The molecule has 0 spiro atoms. The fourth-order valence-electron chi connectivity index (χ4n) is 2.47. The van der Waals surface area contributed by atoms with Gasteiger partial charge in [0.15, 0.2) is 11.0 Å². The van der Waals surface area contributed by atoms with Crippen LogP contribution in [0.4, 0.5) is 0 Å². The van der Waals surface area contributed by atoms with Crippen molar-refractivity contribution in [3.05, 3.63) is 64.6 Å². The molecule has 0 fully saturated rings. The van der Waals surface area contributed by atoms with E-state index in [9.17, 15) is 14.7 Å². The SMILES string of the molecule is C[C@H](Sc1nnc(-c2cccn(Cc3ccccc3)c2=O)n1C)C(=O)[O-]. The number of carbonyl (C=O) groups excluding carboxylic acids is 1. The lowest BCUT2D eigenvalue weighted by Crippen LogP contribution is -2.31. The predicted octanol–water partition coefficient (Wildman–Crippen LogP) is 0.923. The largest absolute Gasteiger partial charge is 0.549 e. The lowest BCUT2D eigenvalue weighted by atomic mass is 10.2. The zero-order valence-corrected chi connectivity index (χ0v) is 15.1. The zero-order valence-electron chi connectivity index (χ0n) is 14.3. The summed E-state index contributed by atoms with van der Waals surface area (Å²) in [6, 6.07) is 13.2. The molecule has 0 radical (unpaired) electrons. The molecule has 0 aliphatic rings. The molecule has 2 heterocycles. The molecule has 7 nitrogen and oxygen atoms in total. The van der Waals surface area contributed by atoms with Gasteiger partial charge < -0.3 is 19.0 Å². The summed E-state index contributed by atoms with van der Waals surface area (Å²) >= 11 is 1.02. The molecule has 134 valence electrons. The minimum Gasteiger partial charge on any atom is -0.549 e. The Balaban J connectivity index is 1.93. The number of hydrogen-bond donors (Lipinski definition) is 0. The minimum atomic E-state index is -1.18. The van der Waals surface area contributed by atoms with Gasteiger partial charge in [0.25, 0.3) is 5.56 Å². The summed E-state index contributed by atoms with van der Waals surface area (Å²) in [5, 5.41) is 18.6. The number of hydrogen-bond acceptors (Lipinski definition) is 6. The van der Waals surface area contributed by atoms with Crippen LogP contribution in [0.1, 0.15) is 12.5 Å². The lowest BCUT2D eigenvalue weighted by Gasteiger charge is -2.11. The Labute approximate surface area is 154 Å². The first-order chi connectivity index (χ1) is 12.5. The summed E-state index contributed by atoms with van der Waals surface area (Å²) in [6.45, 7) is 1.97. The molecule has 0 saturated carbocycles. The van der Waals surface area contributed by atoms with E-state index in [1.54, 1.807) is 34.5 Å². The van der Waals surface area contributed by atoms with E-state index in [-0.39, 0.29) is 5.56 Å². The standard InChI is InChI=1S/C18H18N4O3S/c1-12(17(24)25)26-18-20-19-15(21(18)2)14-9-6-10-22(16(14)23)11-13-7-4-3-5-8-13/h3-10,12H,11H2,1-2H3,(H,24,25)/p-1/t12-/m0/s1. The molecule has 3 rings (SSSR count). The number of pyridine rings is 1. The third-order valence-electron chi connectivity index (χ3n) is 3.91. The van der Waals surface area contributed by atoms with Crippen LogP contribution in [-0.4, -0.2) is 30.6 Å². The first kappa shape index (κ1) is 17.9. The summed E-state index contributed by atoms with van der Waals surface area (Å²) < 4.78 is 3.23. The van der Waals surface area contributed by atoms with Gasteiger partial charge in [-0.2, -0.15) is 0 Å². The van der Waals surface area contributed by atoms with Gasteiger partial charge in [-0.05, 0) is 24.6 Å². The van der Waals surface area contributed by atoms with Crippen LogP contribution in [0.25, 0.3) is 11.4 Å². The Kier molecular flexibility index (Phi) is 5.22. The van der Waals surface area contributed by atoms with E-state index >= 15 is 0 Å². The van der Waals surface area contributed by atoms with Gasteiger partial charge in [-0.15, -0.1) is 10.2 Å². The van der Waals surface area contributed by atoms with Crippen LogP contribution in [-0.2, 0) is 18.4 Å². The summed E-state index contributed by atoms with van der Waals surface area (Å²) in [5.74, 6) is -0.782. The number of rotatable bonds is 6. The van der Waals surface area contributed by atoms with Gasteiger partial charge >= 0.3 is 0 Å². The second-order valence-electron chi connectivity index (χ2n) is 5.78. The van der Waals surface area contributed by atoms with E-state index in [4.69, 9.17) is 0 Å². The van der Waals surface area contributed by atoms with Gasteiger partial charge in [0, 0.05) is 18.5 Å². The smallest absolute Gasteiger partial charge is 0.261 e. The Morgan fingerprint density at radius 3 is 2.62 bits per heavy atom. The molecule has 0 aliphatic carbocycles. The zero-order chi connectivity index (χ0) is 18.7. The molecule has 3 aromatic rings. The maximum absolute atomic E-state index is 12.8. The highest BCUT2D eigenvalue weighted by Gasteiger charge is 2.17. The van der Waals surface area contributed by atoms with E-state index in [2.05, 4.69) is 10.2 Å². The van der Waals surface area contributed by atoms with Gasteiger partial charge in [0.1, 0.15) is 0 Å². The highest BCUT2D eigenvalue weighted by atomic mass is 32.2. The molecular weight excluding hydrogens is 352 g/mol. The lowest BCUT2D eigenvalue weighted by molar-refractivity contribution is -0.304. The molecule has 0 saturated heterocycles. The molecule has 1 atom stereocenters. The highest BCUT2D eigenvalue weighted by Crippen LogP contribution is 2.24. The Bertz CT molecular complexity index is 982. The van der Waals surface area contributed by atoms with Crippen molar-refractivity contribution >= 4 is 17.7 Å². The predicted molar refractivity (Wildman–Crippen MR) is 96.6 cm³/mol. The quantitative estimate of drug-likeness (QED) is 0.600. The number of carboxylic acid groups (broad SMARTS) is 1. The molecule has 2 aromatic heterocycles. The van der Waals surface area contributed by atoms with Crippen LogP contribution in [0, 0.1) is 0 Å². The fourth-order valence-corrected chi connectivity index (χ4v) is 3.21. The van der Waals surface area contributed by atoms with Crippen molar-refractivity contribution in [1.82, 2.24) is 19.3 Å². The summed E-state index contributed by atoms with van der Waals surface area (Å²) in [5.41, 5.74) is 1.24. The Hall–Kier alpha value is -2.87. The maximum Gasteiger partial charge on any atom is 0.261 e. The van der Waals surface area contributed by atoms with E-state index < -0.39 is 11.2 Å². The van der Waals surface area contributed by atoms with Crippen LogP contribution in [0.15, 0.2) is 58.6 Å². The molecule has 0 bridgehead atoms. The van der Waals surface area contributed by atoms with E-state index in [1.165, 1.54) is 6.92 Å². The number of benzene rings is 1. The van der Waals surface area contributed by atoms with Crippen LogP contribution in [0.3, 0.4) is 0 Å². The second-order valence-corrected chi connectivity index (χ2v) is 7.09. The fraction of sp³-hybridized carbons (Fsp3) is 0.222. The Morgan fingerprint density at radius 2 is 1.92 bits per heavy atom. The van der Waals surface area contributed by atoms with Gasteiger partial charge in [-0.1, -0.05) is 42.1 Å². The molecule has 0 aliphatic heterocycles. The van der Waals surface area contributed by atoms with Crippen molar-refractivity contribution in [3.8, 4) is 11.4 Å². The monoisotopic (exact) mass is 369 g/mol. The van der Waals surface area contributed by atoms with E-state index in [1.807, 2.05) is 30.3 Å². The topological polar surface area (TPSA) is 92.8 Å². The molecule has 8 heteroatoms. The number of nitrogens with zero attached hydrogens (tertiary/aromatic N) is 4. The van der Waals surface area contributed by atoms with Crippen molar-refractivity contribution in [3.63, 3.8) is 0 Å². The van der Waals surface area contributed by atoms with Crippen LogP contribution >= 0.6 is 11.8 Å². The minimum absolute atomic E-state index is 0.184. The van der Waals surface area contributed by atoms with Crippen molar-refractivity contribution in [2.24, 2.45) is 7.05 Å². The molecule has 0 unspecified atom stereocenters. The van der Waals surface area contributed by atoms with E-state index in [0.29, 0.717) is 23.1 Å². The maximum atomic E-state index is 12.8. The molecule has 26 heavy (non-hydrogen) atoms. The first-order valence-electron chi connectivity index (χ1n) is 7.98. The van der Waals surface area contributed by atoms with Crippen LogP contribution < -0.4 is 10.7 Å². The number of carboxylic acids is 1. The van der Waals surface area contributed by atoms with Crippen molar-refractivity contribution in [1.29, 1.82) is 0 Å². The number of aliphatic carboxylic acids is 1. The summed E-state index contributed by atoms with van der Waals surface area (Å²) in [6.07, 6.45) is 1.73. The number of carbonyl (C=O) groups is 1. The third kappa shape index (κ3) is 3.70. The molecular formula is C18H17N4O3S-. The summed E-state index contributed by atoms with van der Waals surface area (Å²) in [7, 11) is 1.70. The van der Waals surface area contributed by atoms with Crippen molar-refractivity contribution in [2.45, 2.75) is 23.9 Å². The molecule has 1 aromatic carbocycles.